The van der Waals surface area contributed by atoms with Crippen molar-refractivity contribution < 1.29 is 0 Å². The van der Waals surface area contributed by atoms with Crippen LogP contribution in [0.25, 0.3) is 12.2 Å². The first kappa shape index (κ1) is 10.6. The zero-order valence-electron chi connectivity index (χ0n) is 9.22. The third-order valence-corrected chi connectivity index (χ3v) is 2.41. The molecule has 1 heterocycles. The molecule has 0 saturated carbocycles. The largest absolute Gasteiger partial charge is 0.245 e. The molecule has 0 atom stereocenters. The molecule has 1 aromatic carbocycles. The predicted molar refractivity (Wildman–Crippen MR) is 65.6 cm³/mol. The minimum absolute atomic E-state index is 0.921. The molecule has 2 heteroatoms. The second kappa shape index (κ2) is 5.21. The highest BCUT2D eigenvalue weighted by atomic mass is 14.8. The molecule has 0 aliphatic carbocycles. The Morgan fingerprint density at radius 1 is 1.31 bits per heavy atom. The molecule has 0 bridgehead atoms. The lowest BCUT2D eigenvalue weighted by molar-refractivity contribution is 1.13. The van der Waals surface area contributed by atoms with Gasteiger partial charge in [0.1, 0.15) is 6.33 Å². The van der Waals surface area contributed by atoms with Gasteiger partial charge in [-0.3, -0.25) is 0 Å². The van der Waals surface area contributed by atoms with Crippen LogP contribution in [0.15, 0.2) is 36.8 Å². The van der Waals surface area contributed by atoms with E-state index in [1.807, 2.05) is 24.3 Å². The van der Waals surface area contributed by atoms with Crippen LogP contribution in [-0.4, -0.2) is 9.97 Å². The molecule has 16 heavy (non-hydrogen) atoms. The molecule has 0 spiro atoms. The molecule has 0 amide bonds. The second-order valence-electron chi connectivity index (χ2n) is 3.45. The molecule has 2 nitrogen and oxygen atoms in total. The summed E-state index contributed by atoms with van der Waals surface area (Å²) in [6.45, 7) is 2.14. The first-order chi connectivity index (χ1) is 7.90. The highest BCUT2D eigenvalue weighted by Crippen LogP contribution is 2.12. The molecule has 0 saturated heterocycles. The van der Waals surface area contributed by atoms with Gasteiger partial charge in [-0.2, -0.15) is 0 Å². The highest BCUT2D eigenvalue weighted by Gasteiger charge is 1.95. The monoisotopic (exact) mass is 209 g/mol. The van der Waals surface area contributed by atoms with E-state index in [1.165, 1.54) is 11.1 Å². The van der Waals surface area contributed by atoms with Crippen molar-refractivity contribution in [1.82, 2.24) is 9.97 Å². The van der Waals surface area contributed by atoms with E-state index in [4.69, 9.17) is 0 Å². The second-order valence-corrected chi connectivity index (χ2v) is 3.45. The molecule has 0 unspecified atom stereocenters. The van der Waals surface area contributed by atoms with Crippen molar-refractivity contribution >= 4 is 12.2 Å². The van der Waals surface area contributed by atoms with Crippen LogP contribution >= 0.6 is 0 Å². The number of rotatable bonds is 3. The van der Waals surface area contributed by atoms with Crippen LogP contribution in [0.5, 0.6) is 0 Å². The fraction of sp³-hybridized carbons (Fsp3) is 0.143. The van der Waals surface area contributed by atoms with Crippen LogP contribution in [0.2, 0.25) is 0 Å². The van der Waals surface area contributed by atoms with Gasteiger partial charge in [0, 0.05) is 6.20 Å². The Labute approximate surface area is 95.7 Å². The smallest absolute Gasteiger partial charge is 0.115 e. The highest BCUT2D eigenvalue weighted by molar-refractivity contribution is 5.69. The Balaban J connectivity index is 2.24. The quantitative estimate of drug-likeness (QED) is 0.776. The third-order valence-electron chi connectivity index (χ3n) is 2.41. The predicted octanol–water partition coefficient (Wildman–Crippen LogP) is 3.01. The van der Waals surface area contributed by atoms with Gasteiger partial charge in [-0.05, 0) is 35.8 Å². The number of hydrogen-bond acceptors (Lipinski definition) is 2. The molecule has 2 rings (SSSR count). The standard InChI is InChI=1S/C14H13N2/c1-2-12-5-3-4-6-13(12)7-8-14-9-10-15-11-16-14/h4-11H,2H2,1H3. The number of aryl methyl sites for hydroxylation is 1. The van der Waals surface area contributed by atoms with E-state index in [9.17, 15) is 0 Å². The first-order valence-electron chi connectivity index (χ1n) is 5.33. The number of aromatic nitrogens is 2. The Hall–Kier alpha value is -1.96. The zero-order valence-corrected chi connectivity index (χ0v) is 9.22. The minimum atomic E-state index is 0.921. The maximum atomic E-state index is 4.14. The Bertz CT molecular complexity index is 475. The summed E-state index contributed by atoms with van der Waals surface area (Å²) in [5, 5.41) is 0. The van der Waals surface area contributed by atoms with Crippen molar-refractivity contribution in [3.63, 3.8) is 0 Å². The van der Waals surface area contributed by atoms with Gasteiger partial charge in [0.25, 0.3) is 0 Å². The van der Waals surface area contributed by atoms with Crippen molar-refractivity contribution in [2.24, 2.45) is 0 Å². The van der Waals surface area contributed by atoms with Crippen LogP contribution in [0.3, 0.4) is 0 Å². The molecule has 2 aromatic rings. The molecule has 0 aliphatic heterocycles. The molecule has 0 fully saturated rings. The van der Waals surface area contributed by atoms with E-state index in [0.29, 0.717) is 0 Å². The SMILES string of the molecule is CCc1c[c]ccc1C=Cc1ccncn1. The summed E-state index contributed by atoms with van der Waals surface area (Å²) < 4.78 is 0. The van der Waals surface area contributed by atoms with Gasteiger partial charge in [0.15, 0.2) is 0 Å². The summed E-state index contributed by atoms with van der Waals surface area (Å²) in [6, 6.07) is 11.0. The topological polar surface area (TPSA) is 25.8 Å². The molecular weight excluding hydrogens is 196 g/mol. The van der Waals surface area contributed by atoms with Gasteiger partial charge in [-0.1, -0.05) is 31.2 Å². The van der Waals surface area contributed by atoms with Gasteiger partial charge < -0.3 is 0 Å². The van der Waals surface area contributed by atoms with E-state index in [0.717, 1.165) is 12.1 Å². The Morgan fingerprint density at radius 3 is 3.00 bits per heavy atom. The van der Waals surface area contributed by atoms with E-state index < -0.39 is 0 Å². The lowest BCUT2D eigenvalue weighted by Crippen LogP contribution is -1.85. The third kappa shape index (κ3) is 2.54. The zero-order chi connectivity index (χ0) is 11.2. The summed E-state index contributed by atoms with van der Waals surface area (Å²) in [7, 11) is 0. The van der Waals surface area contributed by atoms with Crippen molar-refractivity contribution in [3.8, 4) is 0 Å². The average Bonchev–Trinajstić information content (AvgIpc) is 2.38. The van der Waals surface area contributed by atoms with Crippen LogP contribution in [0, 0.1) is 6.07 Å². The van der Waals surface area contributed by atoms with E-state index in [-0.39, 0.29) is 0 Å². The Kier molecular flexibility index (Phi) is 3.44. The lowest BCUT2D eigenvalue weighted by Gasteiger charge is -2.01. The van der Waals surface area contributed by atoms with Gasteiger partial charge in [0.05, 0.1) is 5.69 Å². The fourth-order valence-electron chi connectivity index (χ4n) is 1.52. The number of nitrogens with zero attached hydrogens (tertiary/aromatic N) is 2. The van der Waals surface area contributed by atoms with E-state index in [2.05, 4.69) is 35.1 Å². The van der Waals surface area contributed by atoms with Crippen LogP contribution in [0.4, 0.5) is 0 Å². The minimum Gasteiger partial charge on any atom is -0.245 e. The summed E-state index contributed by atoms with van der Waals surface area (Å²) in [4.78, 5) is 8.03. The molecule has 79 valence electrons. The normalized spacial score (nSPS) is 10.8. The summed E-state index contributed by atoms with van der Waals surface area (Å²) in [6.07, 6.45) is 8.39. The average molecular weight is 209 g/mol. The maximum absolute atomic E-state index is 4.14. The molecule has 0 N–H and O–H groups in total. The van der Waals surface area contributed by atoms with Crippen molar-refractivity contribution in [1.29, 1.82) is 0 Å². The maximum Gasteiger partial charge on any atom is 0.115 e. The summed E-state index contributed by atoms with van der Waals surface area (Å²) in [5.41, 5.74) is 3.44. The number of hydrogen-bond donors (Lipinski definition) is 0. The van der Waals surface area contributed by atoms with Gasteiger partial charge in [0.2, 0.25) is 0 Å². The van der Waals surface area contributed by atoms with Gasteiger partial charge in [-0.15, -0.1) is 0 Å². The van der Waals surface area contributed by atoms with Crippen LogP contribution < -0.4 is 0 Å². The van der Waals surface area contributed by atoms with Crippen LogP contribution in [-0.2, 0) is 6.42 Å². The van der Waals surface area contributed by atoms with Crippen molar-refractivity contribution in [2.45, 2.75) is 13.3 Å². The fourth-order valence-corrected chi connectivity index (χ4v) is 1.52. The van der Waals surface area contributed by atoms with E-state index in [1.54, 1.807) is 12.5 Å². The molecule has 0 aliphatic rings. The van der Waals surface area contributed by atoms with Gasteiger partial charge in [-0.25, -0.2) is 9.97 Å². The summed E-state index contributed by atoms with van der Waals surface area (Å²) in [5.74, 6) is 0. The number of benzene rings is 1. The summed E-state index contributed by atoms with van der Waals surface area (Å²) >= 11 is 0. The Morgan fingerprint density at radius 2 is 2.25 bits per heavy atom. The lowest BCUT2D eigenvalue weighted by atomic mass is 10.0. The van der Waals surface area contributed by atoms with Gasteiger partial charge >= 0.3 is 0 Å². The molecule has 1 radical (unpaired) electrons. The molecule has 1 aromatic heterocycles. The van der Waals surface area contributed by atoms with E-state index >= 15 is 0 Å². The van der Waals surface area contributed by atoms with Crippen molar-refractivity contribution in [2.75, 3.05) is 0 Å². The first-order valence-corrected chi connectivity index (χ1v) is 5.33. The van der Waals surface area contributed by atoms with Crippen LogP contribution in [0.1, 0.15) is 23.7 Å². The van der Waals surface area contributed by atoms with Crippen molar-refractivity contribution in [3.05, 3.63) is 59.7 Å². The molecular formula is C14H13N2.